The molecule has 0 saturated heterocycles. The molecule has 0 saturated carbocycles. The van der Waals surface area contributed by atoms with E-state index in [1.165, 1.54) is 13.8 Å². The Bertz CT molecular complexity index is 177. The molecule has 0 atom stereocenters. The van der Waals surface area contributed by atoms with Crippen LogP contribution in [0.25, 0.3) is 0 Å². The van der Waals surface area contributed by atoms with Gasteiger partial charge in [-0.25, -0.2) is 0 Å². The van der Waals surface area contributed by atoms with E-state index in [-0.39, 0.29) is 30.2 Å². The fourth-order valence-electron chi connectivity index (χ4n) is 0.566. The average Bonchev–Trinajstić information content (AvgIpc) is 1.86. The van der Waals surface area contributed by atoms with Gasteiger partial charge < -0.3 is 0 Å². The van der Waals surface area contributed by atoms with E-state index in [0.717, 1.165) is 0 Å². The third-order valence-electron chi connectivity index (χ3n) is 0.999. The normalized spacial score (nSPS) is 12.5. The van der Waals surface area contributed by atoms with Gasteiger partial charge in [-0.15, -0.1) is 17.0 Å². The SMILES string of the molecule is Br.CCOP(=O)(OCC)[C](F)(F)[Zn]. The van der Waals surface area contributed by atoms with E-state index in [0.29, 0.717) is 0 Å². The van der Waals surface area contributed by atoms with Crippen LogP contribution >= 0.6 is 24.6 Å². The Kier molecular flexibility index (Phi) is 8.36. The predicted molar refractivity (Wildman–Crippen MR) is 46.1 cm³/mol. The van der Waals surface area contributed by atoms with Crippen molar-refractivity contribution in [1.82, 2.24) is 0 Å². The maximum absolute atomic E-state index is 12.7. The summed E-state index contributed by atoms with van der Waals surface area (Å²) in [6.07, 6.45) is 0. The van der Waals surface area contributed by atoms with Gasteiger partial charge in [0.15, 0.2) is 0 Å². The first-order valence-electron chi connectivity index (χ1n) is 3.49. The Morgan fingerprint density at radius 3 is 1.77 bits per heavy atom. The molecule has 0 aromatic carbocycles. The fourth-order valence-corrected chi connectivity index (χ4v) is 2.85. The standard InChI is InChI=1S/C5H10F2O3P.BrH.Zn/c1-3-9-11(8,5(6)7)10-4-2;;/h3-4H2,1-2H3;1H;. The summed E-state index contributed by atoms with van der Waals surface area (Å²) in [6.45, 7) is 2.93. The Morgan fingerprint density at radius 1 is 1.31 bits per heavy atom. The van der Waals surface area contributed by atoms with E-state index in [1.807, 2.05) is 0 Å². The minimum absolute atomic E-state index is 0. The molecule has 0 bridgehead atoms. The number of hydrogen-bond donors (Lipinski definition) is 0. The van der Waals surface area contributed by atoms with Crippen LogP contribution in [0.15, 0.2) is 0 Å². The summed E-state index contributed by atoms with van der Waals surface area (Å²) >= 11 is -0.426. The third-order valence-corrected chi connectivity index (χ3v) is 5.43. The second kappa shape index (κ2) is 6.57. The quantitative estimate of drug-likeness (QED) is 0.573. The molecule has 0 unspecified atom stereocenters. The van der Waals surface area contributed by atoms with Gasteiger partial charge >= 0.3 is 79.6 Å². The first kappa shape index (κ1) is 16.5. The van der Waals surface area contributed by atoms with E-state index in [1.54, 1.807) is 0 Å². The van der Waals surface area contributed by atoms with E-state index in [4.69, 9.17) is 0 Å². The molecule has 0 aliphatic heterocycles. The molecule has 13 heavy (non-hydrogen) atoms. The van der Waals surface area contributed by atoms with Crippen molar-refractivity contribution in [2.45, 2.75) is 18.1 Å². The molecule has 3 nitrogen and oxygen atoms in total. The molecule has 0 amide bonds. The van der Waals surface area contributed by atoms with Crippen LogP contribution < -0.4 is 0 Å². The number of alkyl halides is 2. The zero-order valence-corrected chi connectivity index (χ0v) is 13.0. The molecule has 0 radical (unpaired) electrons. The van der Waals surface area contributed by atoms with Gasteiger partial charge in [0.05, 0.1) is 0 Å². The van der Waals surface area contributed by atoms with Crippen molar-refractivity contribution in [3.63, 3.8) is 0 Å². The Balaban J connectivity index is 0. The van der Waals surface area contributed by atoms with Gasteiger partial charge in [-0.2, -0.15) is 0 Å². The van der Waals surface area contributed by atoms with Crippen molar-refractivity contribution in [2.24, 2.45) is 0 Å². The molecule has 0 spiro atoms. The van der Waals surface area contributed by atoms with E-state index in [2.05, 4.69) is 9.05 Å². The summed E-state index contributed by atoms with van der Waals surface area (Å²) in [5.74, 6) is 0. The molecule has 0 N–H and O–H groups in total. The molecule has 0 heterocycles. The van der Waals surface area contributed by atoms with Crippen LogP contribution in [-0.4, -0.2) is 17.5 Å². The molecule has 0 aliphatic carbocycles. The molecule has 8 heteroatoms. The van der Waals surface area contributed by atoms with Gasteiger partial charge in [-0.1, -0.05) is 0 Å². The summed E-state index contributed by atoms with van der Waals surface area (Å²) in [4.78, 5) is 0. The van der Waals surface area contributed by atoms with Crippen molar-refractivity contribution in [1.29, 1.82) is 0 Å². The monoisotopic (exact) mass is 331 g/mol. The second-order valence-corrected chi connectivity index (χ2v) is 7.28. The van der Waals surface area contributed by atoms with Crippen molar-refractivity contribution in [2.75, 3.05) is 13.2 Å². The predicted octanol–water partition coefficient (Wildman–Crippen LogP) is 2.93. The van der Waals surface area contributed by atoms with E-state index < -0.39 is 30.2 Å². The molecular weight excluding hydrogens is 322 g/mol. The van der Waals surface area contributed by atoms with Gasteiger partial charge in [-0.05, 0) is 0 Å². The first-order chi connectivity index (χ1) is 5.37. The first-order valence-corrected chi connectivity index (χ1v) is 6.52. The summed E-state index contributed by atoms with van der Waals surface area (Å²) in [5, 5.41) is 0. The fraction of sp³-hybridized carbons (Fsp3) is 1.00. The minimum atomic E-state index is -4.18. The molecule has 0 aliphatic rings. The van der Waals surface area contributed by atoms with Gasteiger partial charge in [0.2, 0.25) is 0 Å². The topological polar surface area (TPSA) is 35.5 Å². The second-order valence-electron chi connectivity index (χ2n) is 2.00. The van der Waals surface area contributed by atoms with Gasteiger partial charge in [0.25, 0.3) is 0 Å². The molecular formula is C5H11BrF2O3PZn. The van der Waals surface area contributed by atoms with Crippen molar-refractivity contribution in [3.8, 4) is 0 Å². The van der Waals surface area contributed by atoms with Gasteiger partial charge in [0, 0.05) is 0 Å². The zero-order chi connectivity index (χ0) is 9.83. The van der Waals surface area contributed by atoms with Gasteiger partial charge in [0.1, 0.15) is 0 Å². The number of halogens is 3. The van der Waals surface area contributed by atoms with Crippen LogP contribution in [0.5, 0.6) is 0 Å². The van der Waals surface area contributed by atoms with Crippen LogP contribution in [0.2, 0.25) is 0 Å². The summed E-state index contributed by atoms with van der Waals surface area (Å²) in [7, 11) is -4.18. The maximum atomic E-state index is 12.7. The molecule has 0 aromatic heterocycles. The number of hydrogen-bond acceptors (Lipinski definition) is 3. The van der Waals surface area contributed by atoms with E-state index >= 15 is 0 Å². The average molecular weight is 333 g/mol. The van der Waals surface area contributed by atoms with E-state index in [9.17, 15) is 13.3 Å². The van der Waals surface area contributed by atoms with Crippen LogP contribution in [0.4, 0.5) is 8.78 Å². The number of rotatable bonds is 5. The molecule has 77 valence electrons. The summed E-state index contributed by atoms with van der Waals surface area (Å²) in [6, 6.07) is 0. The Morgan fingerprint density at radius 2 is 1.62 bits per heavy atom. The molecule has 0 fully saturated rings. The third kappa shape index (κ3) is 4.94. The van der Waals surface area contributed by atoms with Gasteiger partial charge in [-0.3, -0.25) is 0 Å². The summed E-state index contributed by atoms with van der Waals surface area (Å²) in [5.41, 5.74) is 0. The molecule has 0 rings (SSSR count). The van der Waals surface area contributed by atoms with Crippen molar-refractivity contribution in [3.05, 3.63) is 0 Å². The summed E-state index contributed by atoms with van der Waals surface area (Å²) < 4.78 is 42.2. The van der Waals surface area contributed by atoms with Crippen molar-refractivity contribution < 1.29 is 40.7 Å². The molecule has 0 aromatic rings. The Labute approximate surface area is 96.5 Å². The van der Waals surface area contributed by atoms with Crippen LogP contribution in [0, 0.1) is 0 Å². The zero-order valence-electron chi connectivity index (χ0n) is 7.46. The van der Waals surface area contributed by atoms with Crippen LogP contribution in [0.1, 0.15) is 13.8 Å². The van der Waals surface area contributed by atoms with Crippen molar-refractivity contribution >= 4 is 24.6 Å². The van der Waals surface area contributed by atoms with Crippen LogP contribution in [0.3, 0.4) is 0 Å². The van der Waals surface area contributed by atoms with Crippen LogP contribution in [-0.2, 0) is 31.9 Å². The Hall–Kier alpha value is 1.11.